The highest BCUT2D eigenvalue weighted by Gasteiger charge is 2.76. The second kappa shape index (κ2) is 6.11. The Labute approximate surface area is 181 Å². The summed E-state index contributed by atoms with van der Waals surface area (Å²) in [6.07, 6.45) is 13.3. The molecule has 5 saturated carbocycles. The lowest BCUT2D eigenvalue weighted by molar-refractivity contribution is -0.157. The summed E-state index contributed by atoms with van der Waals surface area (Å²) in [6.45, 7) is 10.1. The molecular formula is C25H41IO. The first-order valence-electron chi connectivity index (χ1n) is 12.0. The van der Waals surface area contributed by atoms with Crippen molar-refractivity contribution < 1.29 is 5.11 Å². The van der Waals surface area contributed by atoms with Crippen LogP contribution in [-0.2, 0) is 0 Å². The SMILES string of the molecule is CC[C@]1(O)CC[C@@]2(C)[C@@H](CC[C@@H]3[C@@H]2CC[C@@]2(C)[C@H]3C[C@H]3C[C@]32[C@H](C)CI)C1. The third-order valence-corrected chi connectivity index (χ3v) is 13.1. The Morgan fingerprint density at radius 1 is 1.00 bits per heavy atom. The maximum atomic E-state index is 11.0. The number of hydrogen-bond acceptors (Lipinski definition) is 1. The summed E-state index contributed by atoms with van der Waals surface area (Å²) in [7, 11) is 0. The average molecular weight is 485 g/mol. The van der Waals surface area contributed by atoms with Crippen molar-refractivity contribution in [2.75, 3.05) is 4.43 Å². The third kappa shape index (κ3) is 2.38. The summed E-state index contributed by atoms with van der Waals surface area (Å²) in [6, 6.07) is 0. The standard InChI is InChI=1S/C25H41IO/c1-5-24(27)11-10-22(3)17(13-24)6-7-19-20(22)8-9-23(4)21(19)12-18-14-25(18,23)16(2)15-26/h16-21,27H,5-15H2,1-4H3/t16-,17+,18+,19-,20+,21+,22+,23+,24+,25+/m1/s1. The molecule has 1 nitrogen and oxygen atoms in total. The Morgan fingerprint density at radius 3 is 2.48 bits per heavy atom. The summed E-state index contributed by atoms with van der Waals surface area (Å²) < 4.78 is 1.35. The Bertz CT molecular complexity index is 619. The average Bonchev–Trinajstić information content (AvgIpc) is 3.34. The zero-order valence-corrected chi connectivity index (χ0v) is 20.2. The molecule has 154 valence electrons. The maximum absolute atomic E-state index is 11.0. The number of aliphatic hydroxyl groups is 1. The van der Waals surface area contributed by atoms with Crippen molar-refractivity contribution >= 4 is 22.6 Å². The van der Waals surface area contributed by atoms with Gasteiger partial charge in [-0.3, -0.25) is 0 Å². The predicted octanol–water partition coefficient (Wildman–Crippen LogP) is 6.86. The smallest absolute Gasteiger partial charge is 0.0648 e. The minimum atomic E-state index is -0.352. The van der Waals surface area contributed by atoms with E-state index in [9.17, 15) is 5.11 Å². The van der Waals surface area contributed by atoms with Crippen LogP contribution in [0, 0.1) is 51.8 Å². The van der Waals surface area contributed by atoms with Gasteiger partial charge in [-0.05, 0) is 116 Å². The van der Waals surface area contributed by atoms with Crippen LogP contribution in [0.5, 0.6) is 0 Å². The van der Waals surface area contributed by atoms with Crippen LogP contribution in [0.3, 0.4) is 0 Å². The van der Waals surface area contributed by atoms with Gasteiger partial charge in [0.25, 0.3) is 0 Å². The normalized spacial score (nSPS) is 60.0. The zero-order valence-electron chi connectivity index (χ0n) is 18.1. The largest absolute Gasteiger partial charge is 0.390 e. The van der Waals surface area contributed by atoms with E-state index in [0.717, 1.165) is 54.8 Å². The highest BCUT2D eigenvalue weighted by molar-refractivity contribution is 14.1. The second-order valence-corrected chi connectivity index (χ2v) is 13.0. The molecule has 0 bridgehead atoms. The fraction of sp³-hybridized carbons (Fsp3) is 1.00. The lowest BCUT2D eigenvalue weighted by Crippen LogP contribution is -2.56. The first kappa shape index (κ1) is 19.6. The molecule has 0 unspecified atom stereocenters. The highest BCUT2D eigenvalue weighted by atomic mass is 127. The molecule has 0 spiro atoms. The van der Waals surface area contributed by atoms with Crippen molar-refractivity contribution in [1.29, 1.82) is 0 Å². The van der Waals surface area contributed by atoms with E-state index in [1.165, 1.54) is 36.5 Å². The highest BCUT2D eigenvalue weighted by Crippen LogP contribution is 2.82. The summed E-state index contributed by atoms with van der Waals surface area (Å²) in [5.74, 6) is 5.68. The molecule has 0 heterocycles. The molecule has 5 aliphatic carbocycles. The van der Waals surface area contributed by atoms with Gasteiger partial charge in [-0.1, -0.05) is 50.3 Å². The fourth-order valence-corrected chi connectivity index (χ4v) is 10.7. The van der Waals surface area contributed by atoms with Crippen LogP contribution in [0.2, 0.25) is 0 Å². The number of halogens is 1. The van der Waals surface area contributed by atoms with E-state index >= 15 is 0 Å². The van der Waals surface area contributed by atoms with Crippen LogP contribution in [-0.4, -0.2) is 15.1 Å². The minimum Gasteiger partial charge on any atom is -0.390 e. The van der Waals surface area contributed by atoms with E-state index in [-0.39, 0.29) is 5.60 Å². The van der Waals surface area contributed by atoms with Crippen molar-refractivity contribution in [3.63, 3.8) is 0 Å². The molecule has 0 radical (unpaired) electrons. The summed E-state index contributed by atoms with van der Waals surface area (Å²) in [4.78, 5) is 0. The van der Waals surface area contributed by atoms with Crippen molar-refractivity contribution in [3.05, 3.63) is 0 Å². The quantitative estimate of drug-likeness (QED) is 0.343. The van der Waals surface area contributed by atoms with Crippen molar-refractivity contribution in [3.8, 4) is 0 Å². The zero-order chi connectivity index (χ0) is 19.2. The van der Waals surface area contributed by atoms with Gasteiger partial charge in [0.1, 0.15) is 0 Å². The molecule has 5 fully saturated rings. The fourth-order valence-electron chi connectivity index (χ4n) is 9.93. The maximum Gasteiger partial charge on any atom is 0.0648 e. The number of rotatable bonds is 3. The molecule has 1 N–H and O–H groups in total. The van der Waals surface area contributed by atoms with Crippen LogP contribution in [0.25, 0.3) is 0 Å². The van der Waals surface area contributed by atoms with E-state index in [1.54, 1.807) is 12.8 Å². The summed E-state index contributed by atoms with van der Waals surface area (Å²) in [5.41, 5.74) is 1.50. The van der Waals surface area contributed by atoms with Gasteiger partial charge >= 0.3 is 0 Å². The Balaban J connectivity index is 1.42. The van der Waals surface area contributed by atoms with E-state index in [4.69, 9.17) is 0 Å². The van der Waals surface area contributed by atoms with Crippen LogP contribution < -0.4 is 0 Å². The van der Waals surface area contributed by atoms with Crippen LogP contribution >= 0.6 is 22.6 Å². The van der Waals surface area contributed by atoms with Gasteiger partial charge in [0, 0.05) is 4.43 Å². The van der Waals surface area contributed by atoms with Gasteiger partial charge in [0.15, 0.2) is 0 Å². The Morgan fingerprint density at radius 2 is 1.78 bits per heavy atom. The monoisotopic (exact) mass is 484 g/mol. The lowest BCUT2D eigenvalue weighted by atomic mass is 9.42. The van der Waals surface area contributed by atoms with E-state index in [2.05, 4.69) is 50.3 Å². The molecular weight excluding hydrogens is 443 g/mol. The molecule has 0 amide bonds. The molecule has 10 atom stereocenters. The molecule has 0 aromatic carbocycles. The third-order valence-electron chi connectivity index (χ3n) is 11.7. The molecule has 0 aliphatic heterocycles. The van der Waals surface area contributed by atoms with E-state index in [0.29, 0.717) is 16.2 Å². The molecule has 2 heteroatoms. The topological polar surface area (TPSA) is 20.2 Å². The van der Waals surface area contributed by atoms with Gasteiger partial charge in [-0.25, -0.2) is 0 Å². The molecule has 0 aromatic heterocycles. The van der Waals surface area contributed by atoms with Gasteiger partial charge < -0.3 is 5.11 Å². The Hall–Kier alpha value is 0.690. The number of fused-ring (bicyclic) bond motifs is 7. The van der Waals surface area contributed by atoms with Gasteiger partial charge in [-0.2, -0.15) is 0 Å². The van der Waals surface area contributed by atoms with Gasteiger partial charge in [0.05, 0.1) is 5.60 Å². The van der Waals surface area contributed by atoms with Gasteiger partial charge in [-0.15, -0.1) is 0 Å². The molecule has 5 aliphatic rings. The van der Waals surface area contributed by atoms with E-state index in [1.807, 2.05) is 0 Å². The van der Waals surface area contributed by atoms with Crippen molar-refractivity contribution in [2.45, 2.75) is 97.5 Å². The van der Waals surface area contributed by atoms with Gasteiger partial charge in [0.2, 0.25) is 0 Å². The molecule has 0 aromatic rings. The van der Waals surface area contributed by atoms with Crippen LogP contribution in [0.15, 0.2) is 0 Å². The molecule has 27 heavy (non-hydrogen) atoms. The molecule has 5 rings (SSSR count). The lowest BCUT2D eigenvalue weighted by Gasteiger charge is -2.63. The van der Waals surface area contributed by atoms with Crippen LogP contribution in [0.1, 0.15) is 91.9 Å². The first-order valence-corrected chi connectivity index (χ1v) is 13.5. The van der Waals surface area contributed by atoms with Crippen molar-refractivity contribution in [2.24, 2.45) is 51.8 Å². The summed E-state index contributed by atoms with van der Waals surface area (Å²) >= 11 is 2.66. The van der Waals surface area contributed by atoms with Crippen LogP contribution in [0.4, 0.5) is 0 Å². The van der Waals surface area contributed by atoms with Crippen molar-refractivity contribution in [1.82, 2.24) is 0 Å². The number of alkyl halides is 1. The second-order valence-electron chi connectivity index (χ2n) is 12.1. The molecule has 0 saturated heterocycles. The van der Waals surface area contributed by atoms with E-state index < -0.39 is 0 Å². The Kier molecular flexibility index (Phi) is 4.45. The summed E-state index contributed by atoms with van der Waals surface area (Å²) in [5, 5.41) is 11.0. The number of hydrogen-bond donors (Lipinski definition) is 1. The predicted molar refractivity (Wildman–Crippen MR) is 121 cm³/mol. The minimum absolute atomic E-state index is 0.352. The first-order chi connectivity index (χ1) is 12.7.